The van der Waals surface area contributed by atoms with Crippen LogP contribution in [0.15, 0.2) is 11.6 Å². The van der Waals surface area contributed by atoms with Crippen LogP contribution in [0.5, 0.6) is 0 Å². The van der Waals surface area contributed by atoms with E-state index in [9.17, 15) is 0 Å². The summed E-state index contributed by atoms with van der Waals surface area (Å²) >= 11 is 0. The van der Waals surface area contributed by atoms with Crippen LogP contribution >= 0.6 is 0 Å². The van der Waals surface area contributed by atoms with E-state index in [0.29, 0.717) is 0 Å². The molecule has 44 valence electrons. The summed E-state index contributed by atoms with van der Waals surface area (Å²) in [6, 6.07) is 0. The minimum Gasteiger partial charge on any atom is -0.307 e. The van der Waals surface area contributed by atoms with Crippen molar-refractivity contribution in [2.45, 2.75) is 6.92 Å². The maximum absolute atomic E-state index is 7.28. The topological polar surface area (TPSA) is 35.9 Å². The van der Waals surface area contributed by atoms with Gasteiger partial charge < -0.3 is 10.7 Å². The highest BCUT2D eigenvalue weighted by Crippen LogP contribution is 1.99. The molecule has 2 heteroatoms. The van der Waals surface area contributed by atoms with Crippen molar-refractivity contribution < 1.29 is 0 Å². The van der Waals surface area contributed by atoms with E-state index in [2.05, 4.69) is 5.32 Å². The van der Waals surface area contributed by atoms with E-state index in [4.69, 9.17) is 5.41 Å². The molecular formula is C6H10N2. The lowest BCUT2D eigenvalue weighted by Crippen LogP contribution is -2.07. The number of rotatable bonds is 0. The average Bonchev–Trinajstić information content (AvgIpc) is 2.14. The highest BCUT2D eigenvalue weighted by Gasteiger charge is 2.09. The summed E-state index contributed by atoms with van der Waals surface area (Å²) < 4.78 is 0. The van der Waals surface area contributed by atoms with Gasteiger partial charge in [0, 0.05) is 18.8 Å². The normalized spacial score (nSPS) is 25.1. The monoisotopic (exact) mass is 110 g/mol. The van der Waals surface area contributed by atoms with E-state index in [1.165, 1.54) is 0 Å². The summed E-state index contributed by atoms with van der Waals surface area (Å²) in [5.74, 6) is 0. The zero-order valence-electron chi connectivity index (χ0n) is 4.99. The summed E-state index contributed by atoms with van der Waals surface area (Å²) in [6.45, 7) is 3.60. The first-order chi connectivity index (χ1) is 3.84. The molecule has 0 aromatic rings. The summed E-state index contributed by atoms with van der Waals surface area (Å²) in [5, 5.41) is 10.4. The van der Waals surface area contributed by atoms with Gasteiger partial charge >= 0.3 is 0 Å². The molecule has 0 atom stereocenters. The van der Waals surface area contributed by atoms with Crippen molar-refractivity contribution >= 4 is 5.71 Å². The Morgan fingerprint density at radius 2 is 2.38 bits per heavy atom. The van der Waals surface area contributed by atoms with Crippen molar-refractivity contribution in [3.63, 3.8) is 0 Å². The Morgan fingerprint density at radius 3 is 2.62 bits per heavy atom. The Balaban J connectivity index is 2.69. The summed E-state index contributed by atoms with van der Waals surface area (Å²) in [7, 11) is 0. The smallest absolute Gasteiger partial charge is 0.0493 e. The van der Waals surface area contributed by atoms with Crippen LogP contribution < -0.4 is 5.32 Å². The van der Waals surface area contributed by atoms with Gasteiger partial charge in [0.15, 0.2) is 0 Å². The summed E-state index contributed by atoms with van der Waals surface area (Å²) in [6.07, 6.45) is 1.99. The first-order valence-electron chi connectivity index (χ1n) is 2.78. The van der Waals surface area contributed by atoms with Crippen LogP contribution in [0, 0.1) is 5.41 Å². The quantitative estimate of drug-likeness (QED) is 0.469. The molecule has 0 bridgehead atoms. The fourth-order valence-corrected chi connectivity index (χ4v) is 0.819. The lowest BCUT2D eigenvalue weighted by Gasteiger charge is -1.87. The van der Waals surface area contributed by atoms with E-state index in [-0.39, 0.29) is 0 Å². The van der Waals surface area contributed by atoms with Gasteiger partial charge in [0.25, 0.3) is 0 Å². The molecule has 2 N–H and O–H groups in total. The molecule has 2 nitrogen and oxygen atoms in total. The zero-order chi connectivity index (χ0) is 5.98. The predicted molar refractivity (Wildman–Crippen MR) is 34.4 cm³/mol. The highest BCUT2D eigenvalue weighted by atomic mass is 14.9. The van der Waals surface area contributed by atoms with E-state index < -0.39 is 0 Å². The van der Waals surface area contributed by atoms with Crippen LogP contribution in [0.3, 0.4) is 0 Å². The third kappa shape index (κ3) is 0.793. The first kappa shape index (κ1) is 5.51. The minimum atomic E-state index is 0.743. The molecule has 1 heterocycles. The van der Waals surface area contributed by atoms with Gasteiger partial charge in [0.05, 0.1) is 0 Å². The van der Waals surface area contributed by atoms with Gasteiger partial charge in [-0.1, -0.05) is 6.08 Å². The van der Waals surface area contributed by atoms with Crippen molar-refractivity contribution in [3.05, 3.63) is 11.6 Å². The van der Waals surface area contributed by atoms with Gasteiger partial charge in [0.1, 0.15) is 0 Å². The van der Waals surface area contributed by atoms with E-state index in [1.54, 1.807) is 0 Å². The Kier molecular flexibility index (Phi) is 1.44. The molecule has 1 saturated heterocycles. The molecule has 0 aromatic carbocycles. The molecule has 0 saturated carbocycles. The number of nitrogens with one attached hydrogen (secondary N) is 2. The fourth-order valence-electron chi connectivity index (χ4n) is 0.819. The SMILES string of the molecule is C/C=C1\CNCC1=N. The van der Waals surface area contributed by atoms with Crippen molar-refractivity contribution in [3.8, 4) is 0 Å². The molecule has 0 aliphatic carbocycles. The maximum atomic E-state index is 7.28. The van der Waals surface area contributed by atoms with Crippen LogP contribution in [0.25, 0.3) is 0 Å². The number of allylic oxidation sites excluding steroid dienone is 1. The van der Waals surface area contributed by atoms with Gasteiger partial charge in [-0.2, -0.15) is 0 Å². The molecule has 1 aliphatic heterocycles. The van der Waals surface area contributed by atoms with Crippen LogP contribution in [0.2, 0.25) is 0 Å². The minimum absolute atomic E-state index is 0.743. The van der Waals surface area contributed by atoms with Gasteiger partial charge in [-0.3, -0.25) is 0 Å². The first-order valence-corrected chi connectivity index (χ1v) is 2.78. The predicted octanol–water partition coefficient (Wildman–Crippen LogP) is 0.556. The van der Waals surface area contributed by atoms with E-state index >= 15 is 0 Å². The lowest BCUT2D eigenvalue weighted by atomic mass is 10.2. The number of hydrogen-bond donors (Lipinski definition) is 2. The number of hydrogen-bond acceptors (Lipinski definition) is 2. The zero-order valence-corrected chi connectivity index (χ0v) is 4.99. The molecule has 0 aromatic heterocycles. The van der Waals surface area contributed by atoms with E-state index in [0.717, 1.165) is 24.4 Å². The molecule has 0 spiro atoms. The Labute approximate surface area is 49.1 Å². The molecule has 0 unspecified atom stereocenters. The largest absolute Gasteiger partial charge is 0.307 e. The molecular weight excluding hydrogens is 100 g/mol. The summed E-state index contributed by atoms with van der Waals surface area (Å²) in [5.41, 5.74) is 1.89. The van der Waals surface area contributed by atoms with Gasteiger partial charge in [-0.25, -0.2) is 0 Å². The molecule has 1 fully saturated rings. The Bertz CT molecular complexity index is 135. The van der Waals surface area contributed by atoms with Crippen molar-refractivity contribution in [2.24, 2.45) is 0 Å². The lowest BCUT2D eigenvalue weighted by molar-refractivity contribution is 0.906. The van der Waals surface area contributed by atoms with Crippen LogP contribution in [0.1, 0.15) is 6.92 Å². The highest BCUT2D eigenvalue weighted by molar-refractivity contribution is 6.01. The van der Waals surface area contributed by atoms with Gasteiger partial charge in [-0.15, -0.1) is 0 Å². The van der Waals surface area contributed by atoms with Crippen LogP contribution in [-0.2, 0) is 0 Å². The molecule has 0 radical (unpaired) electrons. The molecule has 1 aliphatic rings. The second kappa shape index (κ2) is 2.09. The third-order valence-corrected chi connectivity index (χ3v) is 1.35. The molecule has 1 rings (SSSR count). The standard InChI is InChI=1S/C6H10N2/c1-2-5-3-8-4-6(5)7/h2,7-8H,3-4H2,1H3/b5-2+,7-6?. The molecule has 8 heavy (non-hydrogen) atoms. The maximum Gasteiger partial charge on any atom is 0.0493 e. The third-order valence-electron chi connectivity index (χ3n) is 1.35. The van der Waals surface area contributed by atoms with Crippen molar-refractivity contribution in [1.82, 2.24) is 5.32 Å². The van der Waals surface area contributed by atoms with Crippen LogP contribution in [-0.4, -0.2) is 18.8 Å². The second-order valence-electron chi connectivity index (χ2n) is 1.90. The molecule has 0 amide bonds. The summed E-state index contributed by atoms with van der Waals surface area (Å²) in [4.78, 5) is 0. The van der Waals surface area contributed by atoms with Crippen molar-refractivity contribution in [1.29, 1.82) is 5.41 Å². The van der Waals surface area contributed by atoms with E-state index in [1.807, 2.05) is 13.0 Å². The fraction of sp³-hybridized carbons (Fsp3) is 0.500. The van der Waals surface area contributed by atoms with Gasteiger partial charge in [-0.05, 0) is 12.5 Å². The van der Waals surface area contributed by atoms with Gasteiger partial charge in [0.2, 0.25) is 0 Å². The average molecular weight is 110 g/mol. The van der Waals surface area contributed by atoms with Crippen LogP contribution in [0.4, 0.5) is 0 Å². The second-order valence-corrected chi connectivity index (χ2v) is 1.90. The van der Waals surface area contributed by atoms with Crippen molar-refractivity contribution in [2.75, 3.05) is 13.1 Å². The Hall–Kier alpha value is -0.630. The Morgan fingerprint density at radius 1 is 1.62 bits per heavy atom.